The summed E-state index contributed by atoms with van der Waals surface area (Å²) in [5.74, 6) is -0.425. The van der Waals surface area contributed by atoms with E-state index in [-0.39, 0.29) is 5.56 Å². The van der Waals surface area contributed by atoms with Crippen LogP contribution in [0.25, 0.3) is 0 Å². The van der Waals surface area contributed by atoms with E-state index in [1.54, 1.807) is 6.92 Å². The Morgan fingerprint density at radius 1 is 0.957 bits per heavy atom. The van der Waals surface area contributed by atoms with Crippen LogP contribution in [-0.4, -0.2) is 31.2 Å². The summed E-state index contributed by atoms with van der Waals surface area (Å²) in [6.07, 6.45) is -12.3. The molecular weight excluding hydrogens is 331 g/mol. The quantitative estimate of drug-likeness (QED) is 0.669. The molecule has 128 valence electrons. The Balaban J connectivity index is 2.39. The lowest BCUT2D eigenvalue weighted by atomic mass is 9.77. The number of alkyl halides is 7. The highest BCUT2D eigenvalue weighted by atomic mass is 19.4. The third kappa shape index (κ3) is 2.71. The molecule has 0 aliphatic carbocycles. The molecule has 0 atom stereocenters. The monoisotopic (exact) mass is 343 g/mol. The number of carbonyl (C=O) groups excluding carboxylic acids is 1. The van der Waals surface area contributed by atoms with Gasteiger partial charge in [0, 0.05) is 24.2 Å². The van der Waals surface area contributed by atoms with Gasteiger partial charge in [-0.05, 0) is 6.92 Å². The first-order valence-electron chi connectivity index (χ1n) is 6.51. The zero-order chi connectivity index (χ0) is 17.7. The molecule has 1 saturated heterocycles. The van der Waals surface area contributed by atoms with Crippen molar-refractivity contribution >= 4 is 5.78 Å². The zero-order valence-corrected chi connectivity index (χ0v) is 11.8. The van der Waals surface area contributed by atoms with E-state index in [1.807, 2.05) is 0 Å². The molecule has 0 spiro atoms. The fraction of sp³-hybridized carbons (Fsp3) is 0.500. The van der Waals surface area contributed by atoms with Gasteiger partial charge in [-0.2, -0.15) is 26.3 Å². The van der Waals surface area contributed by atoms with Crippen molar-refractivity contribution in [2.75, 3.05) is 13.1 Å². The highest BCUT2D eigenvalue weighted by Gasteiger charge is 2.73. The summed E-state index contributed by atoms with van der Waals surface area (Å²) >= 11 is 0. The number of halogens is 7. The molecule has 0 bridgehead atoms. The molecule has 2 rings (SSSR count). The maximum absolute atomic E-state index is 13.8. The van der Waals surface area contributed by atoms with Gasteiger partial charge < -0.3 is 5.32 Å². The van der Waals surface area contributed by atoms with Crippen molar-refractivity contribution in [3.05, 3.63) is 35.4 Å². The molecule has 1 aromatic carbocycles. The molecule has 1 fully saturated rings. The molecule has 1 heterocycles. The molecule has 0 amide bonds. The van der Waals surface area contributed by atoms with Crippen molar-refractivity contribution in [3.8, 4) is 0 Å². The van der Waals surface area contributed by atoms with Crippen LogP contribution in [0.4, 0.5) is 30.7 Å². The van der Waals surface area contributed by atoms with Crippen LogP contribution < -0.4 is 5.32 Å². The Bertz CT molecular complexity index is 585. The summed E-state index contributed by atoms with van der Waals surface area (Å²) in [4.78, 5) is 12.1. The van der Waals surface area contributed by atoms with E-state index in [2.05, 4.69) is 5.32 Å². The fourth-order valence-electron chi connectivity index (χ4n) is 2.35. The molecule has 0 saturated carbocycles. The van der Waals surface area contributed by atoms with Gasteiger partial charge in [-0.3, -0.25) is 4.79 Å². The molecular formula is C14H12F7NO. The predicted molar refractivity (Wildman–Crippen MR) is 66.6 cm³/mol. The van der Waals surface area contributed by atoms with Crippen molar-refractivity contribution in [3.63, 3.8) is 0 Å². The van der Waals surface area contributed by atoms with Gasteiger partial charge in [0.05, 0.1) is 5.41 Å². The normalized spacial score (nSPS) is 18.4. The van der Waals surface area contributed by atoms with Crippen LogP contribution in [0.1, 0.15) is 22.8 Å². The van der Waals surface area contributed by atoms with E-state index in [9.17, 15) is 35.5 Å². The lowest BCUT2D eigenvalue weighted by molar-refractivity contribution is -0.348. The summed E-state index contributed by atoms with van der Waals surface area (Å²) in [5, 5.41) is 2.85. The lowest BCUT2D eigenvalue weighted by Gasteiger charge is -2.37. The topological polar surface area (TPSA) is 29.1 Å². The summed E-state index contributed by atoms with van der Waals surface area (Å²) in [6, 6.07) is 2.27. The summed E-state index contributed by atoms with van der Waals surface area (Å²) in [6.45, 7) is 2.32. The Kier molecular flexibility index (Phi) is 3.99. The molecule has 1 N–H and O–H groups in total. The zero-order valence-electron chi connectivity index (χ0n) is 11.8. The molecule has 23 heavy (non-hydrogen) atoms. The number of Topliss-reactive ketones (excluding diaryl/α,β-unsaturated/α-hetero) is 1. The van der Waals surface area contributed by atoms with Crippen LogP contribution in [0.2, 0.25) is 0 Å². The third-order valence-electron chi connectivity index (χ3n) is 3.90. The number of hydrogen-bond donors (Lipinski definition) is 1. The van der Waals surface area contributed by atoms with Gasteiger partial charge in [0.15, 0.2) is 5.78 Å². The van der Waals surface area contributed by atoms with Crippen LogP contribution in [0.3, 0.4) is 0 Å². The summed E-state index contributed by atoms with van der Waals surface area (Å²) < 4.78 is 89.6. The summed E-state index contributed by atoms with van der Waals surface area (Å²) in [7, 11) is 0. The van der Waals surface area contributed by atoms with E-state index in [0.717, 1.165) is 12.1 Å². The Morgan fingerprint density at radius 3 is 1.70 bits per heavy atom. The van der Waals surface area contributed by atoms with E-state index < -0.39 is 34.8 Å². The highest BCUT2D eigenvalue weighted by molar-refractivity contribution is 6.01. The first kappa shape index (κ1) is 17.7. The van der Waals surface area contributed by atoms with Gasteiger partial charge in [0.2, 0.25) is 0 Å². The SMILES string of the molecule is CC1(C(=O)c2ccc(C(F)(C(F)(F)F)C(F)(F)F)cc2)CNC1. The van der Waals surface area contributed by atoms with Gasteiger partial charge in [0.25, 0.3) is 0 Å². The van der Waals surface area contributed by atoms with Crippen molar-refractivity contribution in [2.45, 2.75) is 24.9 Å². The molecule has 2 nitrogen and oxygen atoms in total. The van der Waals surface area contributed by atoms with Crippen molar-refractivity contribution in [1.29, 1.82) is 0 Å². The number of ketones is 1. The number of rotatable bonds is 3. The molecule has 1 aliphatic rings. The van der Waals surface area contributed by atoms with Crippen molar-refractivity contribution in [2.24, 2.45) is 5.41 Å². The lowest BCUT2D eigenvalue weighted by Crippen LogP contribution is -2.56. The molecule has 0 unspecified atom stereocenters. The average Bonchev–Trinajstić information content (AvgIpc) is 2.40. The van der Waals surface area contributed by atoms with Crippen LogP contribution in [0, 0.1) is 5.41 Å². The first-order valence-corrected chi connectivity index (χ1v) is 6.51. The minimum atomic E-state index is -6.17. The first-order chi connectivity index (χ1) is 10.3. The van der Waals surface area contributed by atoms with Gasteiger partial charge in [0.1, 0.15) is 0 Å². The van der Waals surface area contributed by atoms with Crippen molar-refractivity contribution < 1.29 is 35.5 Å². The second kappa shape index (κ2) is 5.19. The number of benzene rings is 1. The molecule has 1 aromatic rings. The molecule has 0 aromatic heterocycles. The predicted octanol–water partition coefficient (Wildman–Crippen LogP) is 3.77. The van der Waals surface area contributed by atoms with Gasteiger partial charge in [-0.15, -0.1) is 0 Å². The smallest absolute Gasteiger partial charge is 0.315 e. The maximum Gasteiger partial charge on any atom is 0.435 e. The van der Waals surface area contributed by atoms with E-state index >= 15 is 0 Å². The standard InChI is InChI=1S/C14H12F7NO/c1-11(6-22-7-11)10(23)8-2-4-9(5-3-8)12(15,13(16,17)18)14(19,20)21/h2-5,22H,6-7H2,1H3. The minimum Gasteiger partial charge on any atom is -0.315 e. The van der Waals surface area contributed by atoms with Crippen LogP contribution in [0.5, 0.6) is 0 Å². The number of nitrogens with one attached hydrogen (secondary N) is 1. The molecule has 0 radical (unpaired) electrons. The van der Waals surface area contributed by atoms with E-state index in [4.69, 9.17) is 0 Å². The van der Waals surface area contributed by atoms with Gasteiger partial charge in [-0.1, -0.05) is 24.3 Å². The van der Waals surface area contributed by atoms with Crippen LogP contribution in [0.15, 0.2) is 24.3 Å². The minimum absolute atomic E-state index is 0.0653. The molecule has 1 aliphatic heterocycles. The van der Waals surface area contributed by atoms with E-state index in [0.29, 0.717) is 25.2 Å². The third-order valence-corrected chi connectivity index (χ3v) is 3.90. The fourth-order valence-corrected chi connectivity index (χ4v) is 2.35. The average molecular weight is 343 g/mol. The Hall–Kier alpha value is -1.64. The second-order valence-electron chi connectivity index (χ2n) is 5.72. The van der Waals surface area contributed by atoms with Crippen LogP contribution >= 0.6 is 0 Å². The highest BCUT2D eigenvalue weighted by Crippen LogP contribution is 2.53. The molecule has 9 heteroatoms. The van der Waals surface area contributed by atoms with Crippen molar-refractivity contribution in [1.82, 2.24) is 5.32 Å². The van der Waals surface area contributed by atoms with E-state index in [1.165, 1.54) is 0 Å². The Labute approximate surface area is 126 Å². The number of hydrogen-bond acceptors (Lipinski definition) is 2. The summed E-state index contributed by atoms with van der Waals surface area (Å²) in [5.41, 5.74) is -7.92. The number of carbonyl (C=O) groups is 1. The second-order valence-corrected chi connectivity index (χ2v) is 5.72. The maximum atomic E-state index is 13.8. The van der Waals surface area contributed by atoms with Gasteiger partial charge >= 0.3 is 18.0 Å². The van der Waals surface area contributed by atoms with Gasteiger partial charge in [-0.25, -0.2) is 4.39 Å². The van der Waals surface area contributed by atoms with Crippen LogP contribution in [-0.2, 0) is 5.67 Å². The largest absolute Gasteiger partial charge is 0.435 e. The Morgan fingerprint density at radius 2 is 1.39 bits per heavy atom.